The number of carbonyl (C=O) groups is 2. The smallest absolute Gasteiger partial charge is 0.335 e. The van der Waals surface area contributed by atoms with Gasteiger partial charge < -0.3 is 10.0 Å². The van der Waals surface area contributed by atoms with Crippen LogP contribution in [0.25, 0.3) is 10.8 Å². The van der Waals surface area contributed by atoms with Crippen LogP contribution in [0.15, 0.2) is 36.4 Å². The predicted octanol–water partition coefficient (Wildman–Crippen LogP) is 4.58. The number of unbranched alkanes of at least 4 members (excludes halogenated alkanes) is 2. The van der Waals surface area contributed by atoms with Crippen molar-refractivity contribution < 1.29 is 14.7 Å². The molecule has 128 valence electrons. The summed E-state index contributed by atoms with van der Waals surface area (Å²) in [5.74, 6) is -0.886. The molecule has 0 aliphatic heterocycles. The van der Waals surface area contributed by atoms with Crippen LogP contribution < -0.4 is 0 Å². The van der Waals surface area contributed by atoms with Gasteiger partial charge in [-0.2, -0.15) is 0 Å². The number of hydrogen-bond donors (Lipinski definition) is 1. The lowest BCUT2D eigenvalue weighted by Gasteiger charge is -2.22. The number of benzene rings is 2. The van der Waals surface area contributed by atoms with Gasteiger partial charge in [-0.1, -0.05) is 38.8 Å². The first-order valence-corrected chi connectivity index (χ1v) is 8.63. The summed E-state index contributed by atoms with van der Waals surface area (Å²) in [6.45, 7) is 5.81. The fraction of sp³-hybridized carbons (Fsp3) is 0.400. The van der Waals surface area contributed by atoms with E-state index in [1.165, 1.54) is 0 Å². The molecule has 0 saturated heterocycles. The van der Waals surface area contributed by atoms with Crippen molar-refractivity contribution in [1.82, 2.24) is 4.90 Å². The lowest BCUT2D eigenvalue weighted by Crippen LogP contribution is -2.32. The van der Waals surface area contributed by atoms with E-state index >= 15 is 0 Å². The number of rotatable bonds is 8. The van der Waals surface area contributed by atoms with E-state index in [4.69, 9.17) is 5.11 Å². The van der Waals surface area contributed by atoms with Crippen LogP contribution in [0.2, 0.25) is 0 Å². The zero-order chi connectivity index (χ0) is 17.5. The lowest BCUT2D eigenvalue weighted by molar-refractivity contribution is 0.0695. The quantitative estimate of drug-likeness (QED) is 0.772. The van der Waals surface area contributed by atoms with Gasteiger partial charge in [-0.3, -0.25) is 4.79 Å². The molecule has 1 amide bonds. The van der Waals surface area contributed by atoms with Crippen molar-refractivity contribution >= 4 is 22.6 Å². The van der Waals surface area contributed by atoms with Crippen LogP contribution in [0.1, 0.15) is 60.2 Å². The topological polar surface area (TPSA) is 57.6 Å². The van der Waals surface area contributed by atoms with Crippen LogP contribution in [-0.4, -0.2) is 35.0 Å². The first kappa shape index (κ1) is 18.0. The van der Waals surface area contributed by atoms with E-state index in [-0.39, 0.29) is 11.5 Å². The summed E-state index contributed by atoms with van der Waals surface area (Å²) in [7, 11) is 0. The fourth-order valence-corrected chi connectivity index (χ4v) is 2.71. The number of carboxylic acids is 1. The van der Waals surface area contributed by atoms with Gasteiger partial charge in [0, 0.05) is 18.7 Å². The van der Waals surface area contributed by atoms with E-state index in [0.717, 1.165) is 49.5 Å². The van der Waals surface area contributed by atoms with Gasteiger partial charge in [-0.25, -0.2) is 4.79 Å². The van der Waals surface area contributed by atoms with Gasteiger partial charge in [-0.15, -0.1) is 0 Å². The molecular formula is C20H25NO3. The first-order valence-electron chi connectivity index (χ1n) is 8.63. The van der Waals surface area contributed by atoms with Gasteiger partial charge in [-0.05, 0) is 47.9 Å². The number of fused-ring (bicyclic) bond motifs is 1. The minimum Gasteiger partial charge on any atom is -0.478 e. The first-order chi connectivity index (χ1) is 11.6. The van der Waals surface area contributed by atoms with E-state index in [9.17, 15) is 9.59 Å². The minimum absolute atomic E-state index is 0.0566. The molecule has 0 unspecified atom stereocenters. The van der Waals surface area contributed by atoms with Gasteiger partial charge in [0.1, 0.15) is 0 Å². The highest BCUT2D eigenvalue weighted by Gasteiger charge is 2.15. The van der Waals surface area contributed by atoms with E-state index in [1.807, 2.05) is 17.0 Å². The molecule has 0 saturated carbocycles. The van der Waals surface area contributed by atoms with Crippen LogP contribution in [0.5, 0.6) is 0 Å². The fourth-order valence-electron chi connectivity index (χ4n) is 2.71. The van der Waals surface area contributed by atoms with Crippen LogP contribution >= 0.6 is 0 Å². The summed E-state index contributed by atoms with van der Waals surface area (Å²) < 4.78 is 0. The third-order valence-electron chi connectivity index (χ3n) is 4.18. The summed E-state index contributed by atoms with van der Waals surface area (Å²) in [5.41, 5.74) is 0.923. The normalized spacial score (nSPS) is 10.8. The third kappa shape index (κ3) is 4.34. The van der Waals surface area contributed by atoms with Gasteiger partial charge >= 0.3 is 5.97 Å². The van der Waals surface area contributed by atoms with Crippen molar-refractivity contribution in [2.24, 2.45) is 0 Å². The largest absolute Gasteiger partial charge is 0.478 e. The van der Waals surface area contributed by atoms with Gasteiger partial charge in [0.2, 0.25) is 0 Å². The number of carboxylic acid groups (broad SMARTS) is 1. The van der Waals surface area contributed by atoms with E-state index in [2.05, 4.69) is 13.8 Å². The monoisotopic (exact) mass is 327 g/mol. The van der Waals surface area contributed by atoms with Crippen molar-refractivity contribution in [3.05, 3.63) is 47.5 Å². The van der Waals surface area contributed by atoms with Gasteiger partial charge in [0.15, 0.2) is 0 Å². The Morgan fingerprint density at radius 1 is 0.875 bits per heavy atom. The summed E-state index contributed by atoms with van der Waals surface area (Å²) in [4.78, 5) is 25.8. The third-order valence-corrected chi connectivity index (χ3v) is 4.18. The average molecular weight is 327 g/mol. The summed E-state index contributed by atoms with van der Waals surface area (Å²) >= 11 is 0. The molecule has 2 aromatic carbocycles. The Morgan fingerprint density at radius 2 is 1.38 bits per heavy atom. The number of aromatic carboxylic acids is 1. The van der Waals surface area contributed by atoms with Crippen molar-refractivity contribution in [2.45, 2.75) is 39.5 Å². The molecular weight excluding hydrogens is 302 g/mol. The maximum atomic E-state index is 12.8. The molecule has 0 aliphatic rings. The van der Waals surface area contributed by atoms with Crippen LogP contribution in [0.3, 0.4) is 0 Å². The molecule has 24 heavy (non-hydrogen) atoms. The highest BCUT2D eigenvalue weighted by Crippen LogP contribution is 2.19. The number of amides is 1. The standard InChI is InChI=1S/C20H25NO3/c1-3-5-11-21(12-6-4-2)19(22)17-9-7-16-14-18(20(23)24)10-8-15(16)13-17/h7-10,13-14H,3-6,11-12H2,1-2H3,(H,23,24). The van der Waals surface area contributed by atoms with Crippen LogP contribution in [0.4, 0.5) is 0 Å². The maximum Gasteiger partial charge on any atom is 0.335 e. The highest BCUT2D eigenvalue weighted by atomic mass is 16.4. The van der Waals surface area contributed by atoms with E-state index in [0.29, 0.717) is 5.56 Å². The summed E-state index contributed by atoms with van der Waals surface area (Å²) in [6, 6.07) is 10.4. The summed E-state index contributed by atoms with van der Waals surface area (Å²) in [5, 5.41) is 10.8. The molecule has 0 aromatic heterocycles. The van der Waals surface area contributed by atoms with Crippen molar-refractivity contribution in [3.63, 3.8) is 0 Å². The van der Waals surface area contributed by atoms with Crippen LogP contribution in [-0.2, 0) is 0 Å². The van der Waals surface area contributed by atoms with Crippen molar-refractivity contribution in [1.29, 1.82) is 0 Å². The molecule has 0 spiro atoms. The molecule has 4 nitrogen and oxygen atoms in total. The molecule has 4 heteroatoms. The maximum absolute atomic E-state index is 12.8. The zero-order valence-corrected chi connectivity index (χ0v) is 14.4. The minimum atomic E-state index is -0.942. The second-order valence-corrected chi connectivity index (χ2v) is 6.08. The Labute approximate surface area is 143 Å². The van der Waals surface area contributed by atoms with Crippen LogP contribution in [0, 0.1) is 0 Å². The Balaban J connectivity index is 2.26. The van der Waals surface area contributed by atoms with Crippen molar-refractivity contribution in [3.8, 4) is 0 Å². The predicted molar refractivity (Wildman–Crippen MR) is 96.6 cm³/mol. The molecule has 2 aromatic rings. The Kier molecular flexibility index (Phi) is 6.36. The second-order valence-electron chi connectivity index (χ2n) is 6.08. The summed E-state index contributed by atoms with van der Waals surface area (Å²) in [6.07, 6.45) is 4.13. The Morgan fingerprint density at radius 3 is 1.88 bits per heavy atom. The average Bonchev–Trinajstić information content (AvgIpc) is 2.60. The molecule has 0 heterocycles. The zero-order valence-electron chi connectivity index (χ0n) is 14.4. The lowest BCUT2D eigenvalue weighted by atomic mass is 10.0. The SMILES string of the molecule is CCCCN(CCCC)C(=O)c1ccc2cc(C(=O)O)ccc2c1. The molecule has 0 aliphatic carbocycles. The van der Waals surface area contributed by atoms with E-state index in [1.54, 1.807) is 24.3 Å². The van der Waals surface area contributed by atoms with Gasteiger partial charge in [0.25, 0.3) is 5.91 Å². The number of carbonyl (C=O) groups excluding carboxylic acids is 1. The number of hydrogen-bond acceptors (Lipinski definition) is 2. The van der Waals surface area contributed by atoms with Crippen molar-refractivity contribution in [2.75, 3.05) is 13.1 Å². The molecule has 2 rings (SSSR count). The molecule has 0 radical (unpaired) electrons. The van der Waals surface area contributed by atoms with E-state index < -0.39 is 5.97 Å². The Hall–Kier alpha value is -2.36. The van der Waals surface area contributed by atoms with Gasteiger partial charge in [0.05, 0.1) is 5.56 Å². The molecule has 0 bridgehead atoms. The molecule has 1 N–H and O–H groups in total. The number of nitrogens with zero attached hydrogens (tertiary/aromatic N) is 1. The highest BCUT2D eigenvalue weighted by molar-refractivity contribution is 6.00. The molecule has 0 fully saturated rings. The Bertz CT molecular complexity index is 716. The molecule has 0 atom stereocenters. The second kappa shape index (κ2) is 8.48.